The predicted octanol–water partition coefficient (Wildman–Crippen LogP) is 5.99. The van der Waals surface area contributed by atoms with E-state index in [1.54, 1.807) is 66.7 Å². The number of aromatic nitrogens is 6. The largest absolute Gasteiger partial charge is 0.443 e. The Morgan fingerprint density at radius 3 is 2.03 bits per heavy atom. The normalized spacial score (nSPS) is 18.0. The van der Waals surface area contributed by atoms with Crippen LogP contribution in [0.4, 0.5) is 32.3 Å². The SMILES string of the molecule is CC(C)(C)OC(=O)N(c1cc(Cl)nc2c(/C=C3\CC(=O)NC3=O)cnn12)C1CC1.O=C1C/C(=C\c2cnn3c(NC4CC4)cc(Nc4ccc(F)c(Cl)c4)nc23)C(=O)N1. The minimum Gasteiger partial charge on any atom is -0.443 e. The number of rotatable bonds is 8. The number of anilines is 4. The fourth-order valence-corrected chi connectivity index (χ4v) is 6.66. The van der Waals surface area contributed by atoms with E-state index in [0.29, 0.717) is 56.9 Å². The van der Waals surface area contributed by atoms with Crippen LogP contribution in [0.1, 0.15) is 70.4 Å². The number of hydrogen-bond donors (Lipinski definition) is 4. The number of fused-ring (bicyclic) bond motifs is 2. The average Bonchev–Trinajstić information content (AvgIpc) is 4.02. The van der Waals surface area contributed by atoms with Crippen LogP contribution in [0.15, 0.2) is 53.9 Å². The second-order valence-electron chi connectivity index (χ2n) is 15.3. The van der Waals surface area contributed by atoms with E-state index < -0.39 is 29.3 Å². The molecule has 0 spiro atoms. The molecule has 2 saturated heterocycles. The smallest absolute Gasteiger partial charge is 0.416 e. The number of nitrogens with zero attached hydrogens (tertiary/aromatic N) is 7. The Kier molecular flexibility index (Phi) is 10.3. The zero-order chi connectivity index (χ0) is 41.7. The summed E-state index contributed by atoms with van der Waals surface area (Å²) in [6.45, 7) is 5.41. The summed E-state index contributed by atoms with van der Waals surface area (Å²) >= 11 is 12.1. The highest BCUT2D eigenvalue weighted by Crippen LogP contribution is 2.35. The summed E-state index contributed by atoms with van der Waals surface area (Å²) in [7, 11) is 0. The first-order valence-corrected chi connectivity index (χ1v) is 19.4. The Morgan fingerprint density at radius 1 is 0.881 bits per heavy atom. The molecule has 5 aromatic rings. The van der Waals surface area contributed by atoms with Crippen molar-refractivity contribution >= 4 is 99.5 Å². The van der Waals surface area contributed by atoms with E-state index >= 15 is 0 Å². The zero-order valence-electron chi connectivity index (χ0n) is 31.8. The molecule has 4 N–H and O–H groups in total. The standard InChI is InChI=1S/C20H16ClFN6O2.C19H20ClN5O4/c21-14-7-13(3-4-15(14)22)24-16-8-17(25-12-1-2-12)28-19(26-16)11(9-23-28)5-10-6-18(29)27-20(10)30;1-19(2,3)29-18(28)24(12-4-5-12)15-8-13(20)22-16-11(9-21-25(15)16)6-10-7-14(26)23-17(10)27/h3-5,7-9,12,25H,1-2,6H2,(H,24,26)(H,27,29,30);6,8-9,12H,4-5,7H2,1-3H3,(H,23,26,27)/b10-5+;10-6+. The van der Waals surface area contributed by atoms with Crippen LogP contribution < -0.4 is 26.2 Å². The quantitative estimate of drug-likeness (QED) is 0.0808. The molecule has 2 saturated carbocycles. The maximum Gasteiger partial charge on any atom is 0.416 e. The summed E-state index contributed by atoms with van der Waals surface area (Å²) in [6.07, 6.45) is 9.67. The summed E-state index contributed by atoms with van der Waals surface area (Å²) in [5.41, 5.74) is 2.62. The molecule has 2 aliphatic heterocycles. The minimum atomic E-state index is -0.651. The highest BCUT2D eigenvalue weighted by Gasteiger charge is 2.38. The van der Waals surface area contributed by atoms with Crippen molar-refractivity contribution in [3.05, 3.63) is 81.0 Å². The average molecular weight is 845 g/mol. The Balaban J connectivity index is 0.000000164. The number of amides is 5. The molecule has 4 aromatic heterocycles. The third-order valence-electron chi connectivity index (χ3n) is 9.27. The Morgan fingerprint density at radius 2 is 1.49 bits per heavy atom. The molecule has 20 heteroatoms. The van der Waals surface area contributed by atoms with Gasteiger partial charge < -0.3 is 15.4 Å². The van der Waals surface area contributed by atoms with Crippen LogP contribution in [0.2, 0.25) is 10.2 Å². The number of nitrogens with one attached hydrogen (secondary N) is 4. The van der Waals surface area contributed by atoms with Crippen LogP contribution in [0, 0.1) is 5.82 Å². The summed E-state index contributed by atoms with van der Waals surface area (Å²) in [6, 6.07) is 8.05. The lowest BCUT2D eigenvalue weighted by Gasteiger charge is -2.27. The molecule has 6 heterocycles. The Hall–Kier alpha value is -6.40. The van der Waals surface area contributed by atoms with E-state index in [1.807, 2.05) is 0 Å². The number of halogens is 3. The second kappa shape index (κ2) is 15.4. The Bertz CT molecular complexity index is 2660. The fraction of sp³-hybridized carbons (Fsp3) is 0.308. The van der Waals surface area contributed by atoms with E-state index in [2.05, 4.69) is 41.4 Å². The van der Waals surface area contributed by atoms with Crippen LogP contribution in [0.5, 0.6) is 0 Å². The lowest BCUT2D eigenvalue weighted by Crippen LogP contribution is -2.39. The third-order valence-corrected chi connectivity index (χ3v) is 9.75. The van der Waals surface area contributed by atoms with E-state index in [0.717, 1.165) is 31.5 Å². The maximum atomic E-state index is 13.5. The number of imide groups is 2. The molecule has 0 radical (unpaired) electrons. The van der Waals surface area contributed by atoms with Gasteiger partial charge in [-0.15, -0.1) is 0 Å². The molecule has 304 valence electrons. The molecule has 0 bridgehead atoms. The van der Waals surface area contributed by atoms with Crippen molar-refractivity contribution in [2.75, 3.05) is 15.5 Å². The van der Waals surface area contributed by atoms with Crippen LogP contribution in [-0.4, -0.2) is 76.6 Å². The first kappa shape index (κ1) is 39.4. The molecule has 9 rings (SSSR count). The second-order valence-corrected chi connectivity index (χ2v) is 16.1. The molecule has 17 nitrogen and oxygen atoms in total. The number of benzene rings is 1. The van der Waals surface area contributed by atoms with Gasteiger partial charge in [0, 0.05) is 52.2 Å². The molecule has 0 atom stereocenters. The lowest BCUT2D eigenvalue weighted by molar-refractivity contribution is -0.125. The van der Waals surface area contributed by atoms with Gasteiger partial charge in [0.2, 0.25) is 11.8 Å². The van der Waals surface area contributed by atoms with Gasteiger partial charge in [-0.05, 0) is 76.8 Å². The van der Waals surface area contributed by atoms with Crippen molar-refractivity contribution in [3.8, 4) is 0 Å². The number of carbonyl (C=O) groups excluding carboxylic acids is 5. The summed E-state index contributed by atoms with van der Waals surface area (Å²) in [5, 5.41) is 20.0. The van der Waals surface area contributed by atoms with Crippen LogP contribution >= 0.6 is 23.2 Å². The third kappa shape index (κ3) is 8.87. The van der Waals surface area contributed by atoms with E-state index in [1.165, 1.54) is 22.8 Å². The number of hydrogen-bond acceptors (Lipinski definition) is 12. The minimum absolute atomic E-state index is 0.00379. The summed E-state index contributed by atoms with van der Waals surface area (Å²) in [4.78, 5) is 70.0. The van der Waals surface area contributed by atoms with Gasteiger partial charge in [-0.25, -0.2) is 19.2 Å². The van der Waals surface area contributed by atoms with E-state index in [-0.39, 0.29) is 40.9 Å². The molecule has 4 fully saturated rings. The molecule has 1 aromatic carbocycles. The van der Waals surface area contributed by atoms with Crippen molar-refractivity contribution in [1.82, 2.24) is 39.8 Å². The predicted molar refractivity (Wildman–Crippen MR) is 216 cm³/mol. The topological polar surface area (TPSA) is 206 Å². The maximum absolute atomic E-state index is 13.5. The van der Waals surface area contributed by atoms with Crippen LogP contribution in [0.25, 0.3) is 23.4 Å². The molecular formula is C39H36Cl2FN11O6. The van der Waals surface area contributed by atoms with Crippen molar-refractivity contribution in [3.63, 3.8) is 0 Å². The summed E-state index contributed by atoms with van der Waals surface area (Å²) < 4.78 is 22.2. The van der Waals surface area contributed by atoms with Gasteiger partial charge in [0.1, 0.15) is 34.0 Å². The molecule has 0 unspecified atom stereocenters. The lowest BCUT2D eigenvalue weighted by atomic mass is 10.1. The highest BCUT2D eigenvalue weighted by atomic mass is 35.5. The molecule has 59 heavy (non-hydrogen) atoms. The van der Waals surface area contributed by atoms with Gasteiger partial charge in [0.05, 0.1) is 30.3 Å². The van der Waals surface area contributed by atoms with E-state index in [9.17, 15) is 28.4 Å². The van der Waals surface area contributed by atoms with Gasteiger partial charge in [-0.3, -0.25) is 34.7 Å². The van der Waals surface area contributed by atoms with Crippen LogP contribution in [-0.2, 0) is 23.9 Å². The van der Waals surface area contributed by atoms with Gasteiger partial charge >= 0.3 is 6.09 Å². The van der Waals surface area contributed by atoms with E-state index in [4.69, 9.17) is 27.9 Å². The first-order chi connectivity index (χ1) is 28.1. The van der Waals surface area contributed by atoms with Crippen molar-refractivity contribution in [1.29, 1.82) is 0 Å². The van der Waals surface area contributed by atoms with Crippen molar-refractivity contribution in [2.24, 2.45) is 0 Å². The molecular weight excluding hydrogens is 808 g/mol. The molecule has 2 aliphatic carbocycles. The van der Waals surface area contributed by atoms with Gasteiger partial charge in [-0.1, -0.05) is 23.2 Å². The monoisotopic (exact) mass is 843 g/mol. The Labute approximate surface area is 345 Å². The number of carbonyl (C=O) groups is 5. The number of ether oxygens (including phenoxy) is 1. The van der Waals surface area contributed by atoms with Crippen molar-refractivity contribution < 1.29 is 33.1 Å². The first-order valence-electron chi connectivity index (χ1n) is 18.6. The molecule has 5 amide bonds. The zero-order valence-corrected chi connectivity index (χ0v) is 33.3. The summed E-state index contributed by atoms with van der Waals surface area (Å²) in [5.74, 6) is -0.369. The van der Waals surface area contributed by atoms with Gasteiger partial charge in [0.25, 0.3) is 11.8 Å². The van der Waals surface area contributed by atoms with Crippen molar-refractivity contribution in [2.45, 2.75) is 77.0 Å². The molecule has 4 aliphatic rings. The van der Waals surface area contributed by atoms with Gasteiger partial charge in [-0.2, -0.15) is 19.2 Å². The highest BCUT2D eigenvalue weighted by molar-refractivity contribution is 6.31. The fourth-order valence-electron chi connectivity index (χ4n) is 6.31. The van der Waals surface area contributed by atoms with Crippen LogP contribution in [0.3, 0.4) is 0 Å². The van der Waals surface area contributed by atoms with Gasteiger partial charge in [0.15, 0.2) is 11.3 Å².